The highest BCUT2D eigenvalue weighted by Gasteiger charge is 2.11. The second kappa shape index (κ2) is 7.02. The minimum Gasteiger partial charge on any atom is -0.376 e. The van der Waals surface area contributed by atoms with Crippen molar-refractivity contribution < 1.29 is 0 Å². The molecule has 0 fully saturated rings. The summed E-state index contributed by atoms with van der Waals surface area (Å²) >= 11 is 6.41. The van der Waals surface area contributed by atoms with E-state index in [1.165, 1.54) is 0 Å². The van der Waals surface area contributed by atoms with Crippen molar-refractivity contribution in [2.24, 2.45) is 0 Å². The van der Waals surface area contributed by atoms with Crippen molar-refractivity contribution in [1.29, 1.82) is 0 Å². The molecule has 2 aromatic heterocycles. The van der Waals surface area contributed by atoms with E-state index in [9.17, 15) is 0 Å². The molecule has 26 heavy (non-hydrogen) atoms. The van der Waals surface area contributed by atoms with Gasteiger partial charge in [-0.2, -0.15) is 0 Å². The highest BCUT2D eigenvalue weighted by Crippen LogP contribution is 2.33. The largest absolute Gasteiger partial charge is 0.376 e. The Balaban J connectivity index is 0.00000196. The van der Waals surface area contributed by atoms with Crippen LogP contribution in [0.5, 0.6) is 0 Å². The molecular formula is C19H19Cl2N5. The van der Waals surface area contributed by atoms with Gasteiger partial charge in [0.1, 0.15) is 11.8 Å². The number of fused-ring (bicyclic) bond motifs is 3. The van der Waals surface area contributed by atoms with Crippen LogP contribution in [0.4, 0.5) is 17.1 Å². The molecule has 2 N–H and O–H groups in total. The van der Waals surface area contributed by atoms with E-state index in [4.69, 9.17) is 11.6 Å². The smallest absolute Gasteiger partial charge is 0.116 e. The summed E-state index contributed by atoms with van der Waals surface area (Å²) in [6.07, 6.45) is 1.59. The van der Waals surface area contributed by atoms with Gasteiger partial charge in [0.25, 0.3) is 0 Å². The number of pyridine rings is 1. The van der Waals surface area contributed by atoms with Gasteiger partial charge in [-0.15, -0.1) is 12.4 Å². The Morgan fingerprint density at radius 3 is 2.62 bits per heavy atom. The zero-order chi connectivity index (χ0) is 17.6. The third-order valence-corrected chi connectivity index (χ3v) is 4.51. The maximum absolute atomic E-state index is 6.41. The van der Waals surface area contributed by atoms with Crippen molar-refractivity contribution in [2.45, 2.75) is 6.92 Å². The molecule has 0 aliphatic rings. The van der Waals surface area contributed by atoms with Crippen LogP contribution in [0.15, 0.2) is 42.7 Å². The molecule has 4 aromatic rings. The highest BCUT2D eigenvalue weighted by atomic mass is 35.5. The minimum atomic E-state index is 0. The number of nitrogens with zero attached hydrogens (tertiary/aromatic N) is 3. The Morgan fingerprint density at radius 1 is 1.08 bits per heavy atom. The van der Waals surface area contributed by atoms with Gasteiger partial charge in [0, 0.05) is 36.4 Å². The molecule has 0 unspecified atom stereocenters. The molecule has 0 bridgehead atoms. The zero-order valence-corrected chi connectivity index (χ0v) is 16.2. The Kier molecular flexibility index (Phi) is 4.94. The predicted molar refractivity (Wildman–Crippen MR) is 112 cm³/mol. The van der Waals surface area contributed by atoms with Crippen LogP contribution in [0.3, 0.4) is 0 Å². The van der Waals surface area contributed by atoms with E-state index in [2.05, 4.69) is 26.3 Å². The Morgan fingerprint density at radius 2 is 1.88 bits per heavy atom. The van der Waals surface area contributed by atoms with Gasteiger partial charge in [-0.1, -0.05) is 11.6 Å². The Hall–Kier alpha value is -2.50. The summed E-state index contributed by atoms with van der Waals surface area (Å²) in [4.78, 5) is 14.1. The number of aromatic nitrogens is 3. The number of rotatable bonds is 3. The molecule has 0 aliphatic heterocycles. The fourth-order valence-electron chi connectivity index (χ4n) is 3.08. The molecule has 0 amide bonds. The number of anilines is 3. The number of H-pyrrole nitrogens is 1. The highest BCUT2D eigenvalue weighted by molar-refractivity contribution is 6.33. The zero-order valence-electron chi connectivity index (χ0n) is 14.7. The standard InChI is InChI=1S/C19H18ClN5.ClH/c1-11-8-16(24-12-4-7-17(25(2)3)13(20)9-12)18-14(23-11)5-6-15-19(18)22-10-21-15;/h4-10,23-24H,1-3H3;1H. The summed E-state index contributed by atoms with van der Waals surface area (Å²) < 4.78 is 0. The molecule has 7 heteroatoms. The molecule has 0 radical (unpaired) electrons. The van der Waals surface area contributed by atoms with Crippen molar-refractivity contribution in [3.63, 3.8) is 0 Å². The lowest BCUT2D eigenvalue weighted by atomic mass is 10.1. The summed E-state index contributed by atoms with van der Waals surface area (Å²) in [5.41, 5.74) is 6.74. The van der Waals surface area contributed by atoms with Crippen LogP contribution in [0.25, 0.3) is 21.9 Å². The fraction of sp³-hybridized carbons (Fsp3) is 0.158. The first-order chi connectivity index (χ1) is 12.0. The second-order valence-corrected chi connectivity index (χ2v) is 6.69. The molecule has 0 aliphatic carbocycles. The van der Waals surface area contributed by atoms with Gasteiger partial charge in [0.2, 0.25) is 0 Å². The summed E-state index contributed by atoms with van der Waals surface area (Å²) in [7, 11) is 3.95. The monoisotopic (exact) mass is 387 g/mol. The molecule has 2 heterocycles. The van der Waals surface area contributed by atoms with Gasteiger partial charge in [0.15, 0.2) is 0 Å². The number of hydrogen-bond donors (Lipinski definition) is 2. The summed E-state index contributed by atoms with van der Waals surface area (Å²) in [5.74, 6) is 0. The van der Waals surface area contributed by atoms with Gasteiger partial charge in [-0.25, -0.2) is 9.97 Å². The number of halogens is 2. The SMILES string of the molecule is Cc1cc(Nc2ccc(N(C)C)c(Cl)c2)c2c(ccc3ncnc32)[nH]1.Cl. The summed E-state index contributed by atoms with van der Waals surface area (Å²) in [6, 6.07) is 12.1. The van der Waals surface area contributed by atoms with E-state index in [1.807, 2.05) is 56.3 Å². The maximum atomic E-state index is 6.41. The quantitative estimate of drug-likeness (QED) is 0.500. The van der Waals surface area contributed by atoms with Gasteiger partial charge in [-0.05, 0) is 43.3 Å². The van der Waals surface area contributed by atoms with E-state index in [1.54, 1.807) is 6.33 Å². The molecule has 134 valence electrons. The van der Waals surface area contributed by atoms with Crippen LogP contribution >= 0.6 is 24.0 Å². The summed E-state index contributed by atoms with van der Waals surface area (Å²) in [5, 5.41) is 5.21. The van der Waals surface area contributed by atoms with Gasteiger partial charge >= 0.3 is 0 Å². The number of imidazole rings is 1. The molecular weight excluding hydrogens is 369 g/mol. The molecule has 0 saturated carbocycles. The van der Waals surface area contributed by atoms with Crippen LogP contribution in [0.2, 0.25) is 5.02 Å². The third-order valence-electron chi connectivity index (χ3n) is 4.21. The first-order valence-corrected chi connectivity index (χ1v) is 8.37. The molecule has 5 nitrogen and oxygen atoms in total. The Labute approximate surface area is 162 Å². The fourth-order valence-corrected chi connectivity index (χ4v) is 3.43. The number of nitrogens with one attached hydrogen (secondary N) is 2. The van der Waals surface area contributed by atoms with Crippen LogP contribution in [-0.4, -0.2) is 29.0 Å². The molecule has 4 rings (SSSR count). The normalized spacial score (nSPS) is 10.8. The third kappa shape index (κ3) is 3.16. The average Bonchev–Trinajstić information content (AvgIpc) is 3.02. The lowest BCUT2D eigenvalue weighted by Crippen LogP contribution is -2.09. The van der Waals surface area contributed by atoms with E-state index in [0.29, 0.717) is 5.02 Å². The molecule has 0 spiro atoms. The van der Waals surface area contributed by atoms with E-state index < -0.39 is 0 Å². The van der Waals surface area contributed by atoms with Gasteiger partial charge in [0.05, 0.1) is 21.9 Å². The molecule has 0 atom stereocenters. The second-order valence-electron chi connectivity index (χ2n) is 6.28. The minimum absolute atomic E-state index is 0. The lowest BCUT2D eigenvalue weighted by molar-refractivity contribution is 1.13. The number of aryl methyl sites for hydroxylation is 1. The average molecular weight is 388 g/mol. The van der Waals surface area contributed by atoms with Crippen molar-refractivity contribution in [2.75, 3.05) is 24.3 Å². The predicted octanol–water partition coefficient (Wildman–Crippen LogP) is 5.30. The molecule has 2 aromatic carbocycles. The van der Waals surface area contributed by atoms with Crippen LogP contribution in [0.1, 0.15) is 5.69 Å². The van der Waals surface area contributed by atoms with Gasteiger partial charge < -0.3 is 15.2 Å². The topological polar surface area (TPSA) is 56.8 Å². The van der Waals surface area contributed by atoms with Crippen LogP contribution in [-0.2, 0) is 0 Å². The first kappa shape index (κ1) is 18.3. The number of aromatic amines is 1. The lowest BCUT2D eigenvalue weighted by Gasteiger charge is -2.17. The van der Waals surface area contributed by atoms with Gasteiger partial charge in [-0.3, -0.25) is 0 Å². The maximum Gasteiger partial charge on any atom is 0.116 e. The van der Waals surface area contributed by atoms with Crippen molar-refractivity contribution in [3.8, 4) is 0 Å². The van der Waals surface area contributed by atoms with Crippen LogP contribution in [0, 0.1) is 6.92 Å². The summed E-state index contributed by atoms with van der Waals surface area (Å²) in [6.45, 7) is 2.04. The van der Waals surface area contributed by atoms with Crippen molar-refractivity contribution in [3.05, 3.63) is 53.4 Å². The van der Waals surface area contributed by atoms with E-state index in [-0.39, 0.29) is 12.4 Å². The molecule has 0 saturated heterocycles. The van der Waals surface area contributed by atoms with Crippen molar-refractivity contribution >= 4 is 63.0 Å². The number of hydrogen-bond acceptors (Lipinski definition) is 4. The van der Waals surface area contributed by atoms with Crippen molar-refractivity contribution in [1.82, 2.24) is 15.0 Å². The van der Waals surface area contributed by atoms with E-state index in [0.717, 1.165) is 44.7 Å². The first-order valence-electron chi connectivity index (χ1n) is 8.00. The van der Waals surface area contributed by atoms with Crippen LogP contribution < -0.4 is 10.2 Å². The Bertz CT molecular complexity index is 1090. The number of benzene rings is 2. The van der Waals surface area contributed by atoms with E-state index >= 15 is 0 Å².